The number of benzene rings is 3. The number of anilines is 2. The van der Waals surface area contributed by atoms with E-state index in [9.17, 15) is 9.59 Å². The van der Waals surface area contributed by atoms with E-state index in [2.05, 4.69) is 15.6 Å². The highest BCUT2D eigenvalue weighted by atomic mass is 35.5. The van der Waals surface area contributed by atoms with E-state index < -0.39 is 0 Å². The van der Waals surface area contributed by atoms with Gasteiger partial charge in [-0.25, -0.2) is 4.98 Å². The number of halogens is 1. The van der Waals surface area contributed by atoms with Crippen LogP contribution in [-0.4, -0.2) is 29.7 Å². The van der Waals surface area contributed by atoms with E-state index in [4.69, 9.17) is 16.3 Å². The molecule has 4 aromatic rings. The minimum atomic E-state index is -0.222. The highest BCUT2D eigenvalue weighted by Gasteiger charge is 2.10. The predicted octanol–water partition coefficient (Wildman–Crippen LogP) is 6.46. The van der Waals surface area contributed by atoms with Crippen molar-refractivity contribution in [2.45, 2.75) is 4.90 Å². The number of thiazole rings is 1. The summed E-state index contributed by atoms with van der Waals surface area (Å²) >= 11 is 8.70. The number of carbonyl (C=O) groups excluding carboxylic acids is 2. The molecule has 0 saturated heterocycles. The number of rotatable bonds is 8. The van der Waals surface area contributed by atoms with Gasteiger partial charge in [-0.05, 0) is 54.6 Å². The third-order valence-electron chi connectivity index (χ3n) is 4.70. The van der Waals surface area contributed by atoms with Crippen LogP contribution < -0.4 is 15.4 Å². The first-order chi connectivity index (χ1) is 16.5. The fourth-order valence-corrected chi connectivity index (χ4v) is 4.55. The van der Waals surface area contributed by atoms with E-state index in [1.54, 1.807) is 55.6 Å². The van der Waals surface area contributed by atoms with Gasteiger partial charge < -0.3 is 15.4 Å². The summed E-state index contributed by atoms with van der Waals surface area (Å²) in [4.78, 5) is 30.2. The molecule has 172 valence electrons. The Morgan fingerprint density at radius 2 is 1.79 bits per heavy atom. The molecule has 3 aromatic carbocycles. The number of ether oxygens (including phenoxy) is 1. The fourth-order valence-electron chi connectivity index (χ4n) is 2.99. The first-order valence-corrected chi connectivity index (χ1v) is 12.4. The Balaban J connectivity index is 1.27. The molecule has 0 unspecified atom stereocenters. The van der Waals surface area contributed by atoms with Gasteiger partial charge in [-0.3, -0.25) is 9.59 Å². The number of aromatic nitrogens is 1. The quantitative estimate of drug-likeness (QED) is 0.266. The Morgan fingerprint density at radius 3 is 2.53 bits per heavy atom. The Bertz CT molecular complexity index is 1290. The van der Waals surface area contributed by atoms with E-state index in [1.165, 1.54) is 23.1 Å². The first-order valence-electron chi connectivity index (χ1n) is 10.2. The molecule has 2 N–H and O–H groups in total. The van der Waals surface area contributed by atoms with Crippen molar-refractivity contribution < 1.29 is 14.3 Å². The second kappa shape index (κ2) is 11.2. The van der Waals surface area contributed by atoms with Crippen LogP contribution in [0.4, 0.5) is 10.8 Å². The third kappa shape index (κ3) is 6.38. The number of amides is 2. The average molecular weight is 510 g/mol. The molecule has 34 heavy (non-hydrogen) atoms. The number of carbonyl (C=O) groups is 2. The van der Waals surface area contributed by atoms with Gasteiger partial charge >= 0.3 is 0 Å². The Morgan fingerprint density at radius 1 is 1.03 bits per heavy atom. The van der Waals surface area contributed by atoms with Gasteiger partial charge in [0.2, 0.25) is 5.91 Å². The first kappa shape index (κ1) is 23.8. The molecule has 0 aliphatic rings. The SMILES string of the molecule is COc1cccc(C(=O)Nc2ccc(SCC(=O)Nc3nc(-c4ccc(Cl)cc4)cs3)cc2)c1. The topological polar surface area (TPSA) is 80.3 Å². The van der Waals surface area contributed by atoms with Gasteiger partial charge in [0.15, 0.2) is 5.13 Å². The zero-order valence-corrected chi connectivity index (χ0v) is 20.5. The summed E-state index contributed by atoms with van der Waals surface area (Å²) in [6.45, 7) is 0. The number of hydrogen-bond acceptors (Lipinski definition) is 6. The number of hydrogen-bond donors (Lipinski definition) is 2. The fraction of sp³-hybridized carbons (Fsp3) is 0.0800. The molecule has 0 spiro atoms. The molecule has 4 rings (SSSR count). The molecule has 0 saturated carbocycles. The van der Waals surface area contributed by atoms with Gasteiger partial charge in [-0.1, -0.05) is 29.8 Å². The van der Waals surface area contributed by atoms with Crippen molar-refractivity contribution in [3.05, 3.63) is 88.8 Å². The van der Waals surface area contributed by atoms with Crippen molar-refractivity contribution in [3.8, 4) is 17.0 Å². The number of thioether (sulfide) groups is 1. The summed E-state index contributed by atoms with van der Waals surface area (Å²) in [5.74, 6) is 0.500. The van der Waals surface area contributed by atoms with Gasteiger partial charge in [0, 0.05) is 32.1 Å². The lowest BCUT2D eigenvalue weighted by Gasteiger charge is -2.08. The molecule has 0 fully saturated rings. The minimum absolute atomic E-state index is 0.141. The van der Waals surface area contributed by atoms with Crippen molar-refractivity contribution in [3.63, 3.8) is 0 Å². The van der Waals surface area contributed by atoms with Crippen LogP contribution in [0.25, 0.3) is 11.3 Å². The summed E-state index contributed by atoms with van der Waals surface area (Å²) in [6, 6.07) is 21.7. The Hall–Kier alpha value is -3.33. The Labute approximate surface area is 210 Å². The molecule has 1 heterocycles. The smallest absolute Gasteiger partial charge is 0.255 e. The van der Waals surface area contributed by atoms with E-state index in [0.29, 0.717) is 27.2 Å². The lowest BCUT2D eigenvalue weighted by molar-refractivity contribution is -0.113. The van der Waals surface area contributed by atoms with Crippen LogP contribution in [0, 0.1) is 0 Å². The third-order valence-corrected chi connectivity index (χ3v) is 6.73. The second-order valence-electron chi connectivity index (χ2n) is 7.09. The zero-order chi connectivity index (χ0) is 23.9. The van der Waals surface area contributed by atoms with Crippen LogP contribution in [-0.2, 0) is 4.79 Å². The molecule has 1 aromatic heterocycles. The molecule has 2 amide bonds. The molecular formula is C25H20ClN3O3S2. The van der Waals surface area contributed by atoms with Gasteiger partial charge in [-0.2, -0.15) is 0 Å². The lowest BCUT2D eigenvalue weighted by atomic mass is 10.2. The molecule has 6 nitrogen and oxygen atoms in total. The maximum Gasteiger partial charge on any atom is 0.255 e. The van der Waals surface area contributed by atoms with Crippen LogP contribution in [0.15, 0.2) is 83.1 Å². The summed E-state index contributed by atoms with van der Waals surface area (Å²) in [5.41, 5.74) is 2.90. The van der Waals surface area contributed by atoms with E-state index in [-0.39, 0.29) is 17.6 Å². The summed E-state index contributed by atoms with van der Waals surface area (Å²) in [6.07, 6.45) is 0. The highest BCUT2D eigenvalue weighted by molar-refractivity contribution is 8.00. The molecule has 9 heteroatoms. The number of methoxy groups -OCH3 is 1. The van der Waals surface area contributed by atoms with Gasteiger partial charge in [-0.15, -0.1) is 23.1 Å². The minimum Gasteiger partial charge on any atom is -0.497 e. The van der Waals surface area contributed by atoms with Gasteiger partial charge in [0.05, 0.1) is 18.6 Å². The molecule has 0 atom stereocenters. The van der Waals surface area contributed by atoms with Gasteiger partial charge in [0.1, 0.15) is 5.75 Å². The zero-order valence-electron chi connectivity index (χ0n) is 18.1. The van der Waals surface area contributed by atoms with Crippen LogP contribution in [0.5, 0.6) is 5.75 Å². The predicted molar refractivity (Wildman–Crippen MR) is 139 cm³/mol. The van der Waals surface area contributed by atoms with Crippen molar-refractivity contribution >= 4 is 57.3 Å². The highest BCUT2D eigenvalue weighted by Crippen LogP contribution is 2.27. The van der Waals surface area contributed by atoms with E-state index in [0.717, 1.165) is 16.2 Å². The maximum absolute atomic E-state index is 12.4. The van der Waals surface area contributed by atoms with Crippen LogP contribution in [0.2, 0.25) is 5.02 Å². The van der Waals surface area contributed by atoms with Crippen molar-refractivity contribution in [2.75, 3.05) is 23.5 Å². The van der Waals surface area contributed by atoms with Crippen LogP contribution >= 0.6 is 34.7 Å². The summed E-state index contributed by atoms with van der Waals surface area (Å²) in [5, 5.41) is 8.79. The summed E-state index contributed by atoms with van der Waals surface area (Å²) < 4.78 is 5.16. The maximum atomic E-state index is 12.4. The molecular weight excluding hydrogens is 490 g/mol. The molecule has 0 radical (unpaired) electrons. The van der Waals surface area contributed by atoms with Gasteiger partial charge in [0.25, 0.3) is 5.91 Å². The molecule has 0 bridgehead atoms. The van der Waals surface area contributed by atoms with E-state index in [1.807, 2.05) is 29.6 Å². The van der Waals surface area contributed by atoms with Crippen molar-refractivity contribution in [1.29, 1.82) is 0 Å². The molecule has 0 aliphatic heterocycles. The average Bonchev–Trinajstić information content (AvgIpc) is 3.32. The number of nitrogens with zero attached hydrogens (tertiary/aromatic N) is 1. The normalized spacial score (nSPS) is 10.5. The van der Waals surface area contributed by atoms with Crippen molar-refractivity contribution in [2.24, 2.45) is 0 Å². The van der Waals surface area contributed by atoms with E-state index >= 15 is 0 Å². The largest absolute Gasteiger partial charge is 0.497 e. The second-order valence-corrected chi connectivity index (χ2v) is 9.44. The number of nitrogens with one attached hydrogen (secondary N) is 2. The lowest BCUT2D eigenvalue weighted by Crippen LogP contribution is -2.13. The Kier molecular flexibility index (Phi) is 7.84. The standard InChI is InChI=1S/C25H20ClN3O3S2/c1-32-20-4-2-3-17(13-20)24(31)27-19-9-11-21(12-10-19)33-15-23(30)29-25-28-22(14-34-25)16-5-7-18(26)8-6-16/h2-14H,15H2,1H3,(H,27,31)(H,28,29,30). The summed E-state index contributed by atoms with van der Waals surface area (Å²) in [7, 11) is 1.56. The van der Waals surface area contributed by atoms with Crippen LogP contribution in [0.1, 0.15) is 10.4 Å². The molecule has 0 aliphatic carbocycles. The monoisotopic (exact) mass is 509 g/mol. The van der Waals surface area contributed by atoms with Crippen molar-refractivity contribution in [1.82, 2.24) is 4.98 Å². The van der Waals surface area contributed by atoms with Crippen LogP contribution in [0.3, 0.4) is 0 Å².